The van der Waals surface area contributed by atoms with Crippen molar-refractivity contribution in [3.05, 3.63) is 92.3 Å². The average molecular weight is 498 g/mol. The minimum atomic E-state index is -0.267. The van der Waals surface area contributed by atoms with E-state index in [9.17, 15) is 4.79 Å². The van der Waals surface area contributed by atoms with E-state index in [1.165, 1.54) is 6.26 Å². The largest absolute Gasteiger partial charge is 0.490 e. The Morgan fingerprint density at radius 3 is 2.62 bits per heavy atom. The van der Waals surface area contributed by atoms with Crippen LogP contribution in [0.2, 0.25) is 10.0 Å². The van der Waals surface area contributed by atoms with E-state index in [1.807, 2.05) is 31.2 Å². The van der Waals surface area contributed by atoms with Crippen molar-refractivity contribution in [2.45, 2.75) is 20.0 Å². The Labute approximate surface area is 206 Å². The van der Waals surface area contributed by atoms with Crippen molar-refractivity contribution in [1.82, 2.24) is 4.90 Å². The Morgan fingerprint density at radius 1 is 1.00 bits per heavy atom. The lowest BCUT2D eigenvalue weighted by Crippen LogP contribution is -2.31. The van der Waals surface area contributed by atoms with Gasteiger partial charge in [0.1, 0.15) is 24.3 Å². The topological polar surface area (TPSA) is 61.1 Å². The second-order valence-electron chi connectivity index (χ2n) is 7.84. The van der Waals surface area contributed by atoms with Crippen molar-refractivity contribution in [2.75, 3.05) is 13.3 Å². The minimum absolute atomic E-state index is 0.0870. The maximum atomic E-state index is 13.2. The van der Waals surface area contributed by atoms with E-state index in [0.717, 1.165) is 11.1 Å². The summed E-state index contributed by atoms with van der Waals surface area (Å²) in [4.78, 5) is 15.3. The van der Waals surface area contributed by atoms with Crippen LogP contribution < -0.4 is 19.6 Å². The van der Waals surface area contributed by atoms with Crippen molar-refractivity contribution >= 4 is 34.2 Å². The Balaban J connectivity index is 1.44. The molecule has 5 rings (SSSR count). The molecule has 0 saturated carbocycles. The van der Waals surface area contributed by atoms with Gasteiger partial charge in [-0.25, -0.2) is 0 Å². The number of para-hydroxylation sites is 2. The number of fused-ring (bicyclic) bond motifs is 3. The van der Waals surface area contributed by atoms with Crippen LogP contribution in [0.5, 0.6) is 23.0 Å². The van der Waals surface area contributed by atoms with E-state index < -0.39 is 0 Å². The predicted octanol–water partition coefficient (Wildman–Crippen LogP) is 6.64. The molecule has 0 spiro atoms. The third kappa shape index (κ3) is 4.44. The highest BCUT2D eigenvalue weighted by atomic mass is 35.5. The Morgan fingerprint density at radius 2 is 1.82 bits per heavy atom. The van der Waals surface area contributed by atoms with Crippen LogP contribution in [-0.4, -0.2) is 18.2 Å². The molecule has 34 heavy (non-hydrogen) atoms. The van der Waals surface area contributed by atoms with Gasteiger partial charge in [-0.1, -0.05) is 41.4 Å². The fraction of sp³-hybridized carbons (Fsp3) is 0.192. The number of rotatable bonds is 6. The number of nitrogens with zero attached hydrogens (tertiary/aromatic N) is 1. The van der Waals surface area contributed by atoms with Crippen LogP contribution in [0.25, 0.3) is 11.0 Å². The summed E-state index contributed by atoms with van der Waals surface area (Å²) in [7, 11) is 0. The highest BCUT2D eigenvalue weighted by molar-refractivity contribution is 6.42. The smallest absolute Gasteiger partial charge is 0.235 e. The zero-order chi connectivity index (χ0) is 23.7. The second-order valence-corrected chi connectivity index (χ2v) is 8.65. The first-order valence-electron chi connectivity index (χ1n) is 10.8. The molecule has 4 aromatic rings. The molecule has 0 atom stereocenters. The Hall–Kier alpha value is -3.19. The first-order valence-corrected chi connectivity index (χ1v) is 11.5. The lowest BCUT2D eigenvalue weighted by Gasteiger charge is -2.29. The van der Waals surface area contributed by atoms with Gasteiger partial charge in [-0.2, -0.15) is 0 Å². The van der Waals surface area contributed by atoms with Gasteiger partial charge in [-0.05, 0) is 48.9 Å². The SMILES string of the molecule is CCOc1ccccc1Oc1coc2c3c(ccc2c1=O)OCN(Cc1ccc(Cl)c(Cl)c1)C3. The molecule has 1 aromatic heterocycles. The standard InChI is InChI=1S/C26H21Cl2NO5/c1-2-31-22-5-3-4-6-23(22)34-24-14-32-26-17(25(24)30)8-10-21-18(26)13-29(15-33-21)12-16-7-9-19(27)20(28)11-16/h3-11,14H,2,12-13,15H2,1H3. The third-order valence-corrected chi connectivity index (χ3v) is 6.25. The number of ether oxygens (including phenoxy) is 3. The summed E-state index contributed by atoms with van der Waals surface area (Å²) in [5.41, 5.74) is 2.03. The fourth-order valence-electron chi connectivity index (χ4n) is 3.93. The molecule has 0 fully saturated rings. The van der Waals surface area contributed by atoms with Gasteiger partial charge in [0.05, 0.1) is 27.6 Å². The number of hydrogen-bond donors (Lipinski definition) is 0. The van der Waals surface area contributed by atoms with Crippen molar-refractivity contribution in [3.8, 4) is 23.0 Å². The molecule has 1 aliphatic heterocycles. The summed E-state index contributed by atoms with van der Waals surface area (Å²) in [6, 6.07) is 16.2. The average Bonchev–Trinajstić information content (AvgIpc) is 2.84. The summed E-state index contributed by atoms with van der Waals surface area (Å²) in [5, 5.41) is 1.44. The van der Waals surface area contributed by atoms with E-state index in [0.29, 0.717) is 64.7 Å². The summed E-state index contributed by atoms with van der Waals surface area (Å²) < 4.78 is 23.3. The maximum Gasteiger partial charge on any atom is 0.235 e. The highest BCUT2D eigenvalue weighted by Gasteiger charge is 2.23. The molecule has 0 unspecified atom stereocenters. The molecular weight excluding hydrogens is 477 g/mol. The Kier molecular flexibility index (Phi) is 6.37. The van der Waals surface area contributed by atoms with Gasteiger partial charge in [0.25, 0.3) is 0 Å². The van der Waals surface area contributed by atoms with Crippen LogP contribution in [0.1, 0.15) is 18.1 Å². The highest BCUT2D eigenvalue weighted by Crippen LogP contribution is 2.35. The van der Waals surface area contributed by atoms with Gasteiger partial charge in [0.2, 0.25) is 11.2 Å². The zero-order valence-corrected chi connectivity index (χ0v) is 19.9. The summed E-state index contributed by atoms with van der Waals surface area (Å²) in [6.07, 6.45) is 1.34. The molecule has 3 aromatic carbocycles. The van der Waals surface area contributed by atoms with Crippen LogP contribution in [0.3, 0.4) is 0 Å². The van der Waals surface area contributed by atoms with E-state index in [2.05, 4.69) is 4.90 Å². The molecule has 0 aliphatic carbocycles. The minimum Gasteiger partial charge on any atom is -0.490 e. The normalized spacial score (nSPS) is 13.4. The van der Waals surface area contributed by atoms with E-state index in [-0.39, 0.29) is 11.2 Å². The van der Waals surface area contributed by atoms with Crippen molar-refractivity contribution < 1.29 is 18.6 Å². The Bertz CT molecular complexity index is 1420. The van der Waals surface area contributed by atoms with Gasteiger partial charge in [0, 0.05) is 13.1 Å². The first-order chi connectivity index (χ1) is 16.5. The van der Waals surface area contributed by atoms with Crippen LogP contribution in [0.15, 0.2) is 70.1 Å². The van der Waals surface area contributed by atoms with Crippen molar-refractivity contribution in [2.24, 2.45) is 0 Å². The van der Waals surface area contributed by atoms with Crippen molar-refractivity contribution in [1.29, 1.82) is 0 Å². The third-order valence-electron chi connectivity index (χ3n) is 5.51. The van der Waals surface area contributed by atoms with Crippen LogP contribution in [-0.2, 0) is 13.1 Å². The summed E-state index contributed by atoms with van der Waals surface area (Å²) in [6.45, 7) is 3.92. The van der Waals surface area contributed by atoms with Crippen LogP contribution in [0, 0.1) is 0 Å². The van der Waals surface area contributed by atoms with Crippen LogP contribution >= 0.6 is 23.2 Å². The molecule has 0 bridgehead atoms. The van der Waals surface area contributed by atoms with Gasteiger partial charge < -0.3 is 18.6 Å². The van der Waals surface area contributed by atoms with Gasteiger partial charge in [-0.15, -0.1) is 0 Å². The molecule has 0 radical (unpaired) electrons. The van der Waals surface area contributed by atoms with E-state index in [1.54, 1.807) is 30.3 Å². The first kappa shape index (κ1) is 22.6. The lowest BCUT2D eigenvalue weighted by molar-refractivity contribution is 0.0890. The van der Waals surface area contributed by atoms with Crippen LogP contribution in [0.4, 0.5) is 0 Å². The fourth-order valence-corrected chi connectivity index (χ4v) is 4.25. The predicted molar refractivity (Wildman–Crippen MR) is 131 cm³/mol. The van der Waals surface area contributed by atoms with Crippen molar-refractivity contribution in [3.63, 3.8) is 0 Å². The molecule has 0 saturated heterocycles. The van der Waals surface area contributed by atoms with E-state index in [4.69, 9.17) is 41.8 Å². The number of benzene rings is 3. The molecule has 174 valence electrons. The number of halogens is 2. The summed E-state index contributed by atoms with van der Waals surface area (Å²) in [5.74, 6) is 1.78. The molecule has 8 heteroatoms. The molecule has 6 nitrogen and oxygen atoms in total. The molecule has 0 amide bonds. The van der Waals surface area contributed by atoms with Gasteiger partial charge in [0.15, 0.2) is 11.5 Å². The quantitative estimate of drug-likeness (QED) is 0.297. The van der Waals surface area contributed by atoms with Gasteiger partial charge in [-0.3, -0.25) is 9.69 Å². The van der Waals surface area contributed by atoms with Gasteiger partial charge >= 0.3 is 0 Å². The zero-order valence-electron chi connectivity index (χ0n) is 18.3. The maximum absolute atomic E-state index is 13.2. The summed E-state index contributed by atoms with van der Waals surface area (Å²) >= 11 is 12.2. The molecule has 1 aliphatic rings. The monoisotopic (exact) mass is 497 g/mol. The molecular formula is C26H21Cl2NO5. The second kappa shape index (κ2) is 9.58. The van der Waals surface area contributed by atoms with E-state index >= 15 is 0 Å². The molecule has 0 N–H and O–H groups in total. The lowest BCUT2D eigenvalue weighted by atomic mass is 10.1. The number of hydrogen-bond acceptors (Lipinski definition) is 6. The molecule has 2 heterocycles.